The number of phenolic OH excluding ortho intramolecular Hbond substituents is 1. The van der Waals surface area contributed by atoms with Gasteiger partial charge in [-0.3, -0.25) is 9.59 Å². The molecule has 0 spiro atoms. The Labute approximate surface area is 139 Å². The molecule has 1 amide bonds. The number of pyridine rings is 1. The van der Waals surface area contributed by atoms with Crippen LogP contribution in [0, 0.1) is 0 Å². The highest BCUT2D eigenvalue weighted by Crippen LogP contribution is 2.17. The second kappa shape index (κ2) is 6.58. The first-order valence-corrected chi connectivity index (χ1v) is 7.65. The molecule has 5 heteroatoms. The van der Waals surface area contributed by atoms with Gasteiger partial charge in [0.05, 0.1) is 5.52 Å². The molecule has 0 saturated carbocycles. The first-order chi connectivity index (χ1) is 11.6. The van der Waals surface area contributed by atoms with E-state index in [1.165, 1.54) is 6.07 Å². The van der Waals surface area contributed by atoms with Crippen molar-refractivity contribution in [3.05, 3.63) is 76.6 Å². The summed E-state index contributed by atoms with van der Waals surface area (Å²) in [7, 11) is 1.69. The Hall–Kier alpha value is -3.08. The molecule has 0 aliphatic heterocycles. The SMILES string of the molecule is CN(Cc1ccccc1O)C(=O)Cn1ccc(=O)c2ccccc21. The molecule has 0 unspecified atom stereocenters. The van der Waals surface area contributed by atoms with Gasteiger partial charge in [-0.15, -0.1) is 0 Å². The lowest BCUT2D eigenvalue weighted by molar-refractivity contribution is -0.131. The number of amides is 1. The molecule has 0 fully saturated rings. The van der Waals surface area contributed by atoms with Gasteiger partial charge in [0.2, 0.25) is 5.91 Å². The molecule has 0 atom stereocenters. The second-order valence-corrected chi connectivity index (χ2v) is 5.70. The van der Waals surface area contributed by atoms with Crippen LogP contribution in [-0.2, 0) is 17.9 Å². The molecule has 0 aliphatic rings. The van der Waals surface area contributed by atoms with Crippen molar-refractivity contribution in [1.29, 1.82) is 0 Å². The summed E-state index contributed by atoms with van der Waals surface area (Å²) in [5.74, 6) is 0.0676. The molecular weight excluding hydrogens is 304 g/mol. The fraction of sp³-hybridized carbons (Fsp3) is 0.158. The smallest absolute Gasteiger partial charge is 0.242 e. The van der Waals surface area contributed by atoms with E-state index >= 15 is 0 Å². The van der Waals surface area contributed by atoms with Crippen molar-refractivity contribution in [2.75, 3.05) is 7.05 Å². The Morgan fingerprint density at radius 3 is 2.58 bits per heavy atom. The number of carbonyl (C=O) groups is 1. The zero-order valence-electron chi connectivity index (χ0n) is 13.3. The lowest BCUT2D eigenvalue weighted by Crippen LogP contribution is -2.30. The molecule has 1 aromatic heterocycles. The van der Waals surface area contributed by atoms with Crippen molar-refractivity contribution in [3.8, 4) is 5.75 Å². The van der Waals surface area contributed by atoms with E-state index in [-0.39, 0.29) is 23.6 Å². The zero-order chi connectivity index (χ0) is 17.1. The van der Waals surface area contributed by atoms with E-state index in [0.29, 0.717) is 17.5 Å². The summed E-state index contributed by atoms with van der Waals surface area (Å²) in [4.78, 5) is 26.0. The molecule has 0 bridgehead atoms. The number of hydrogen-bond acceptors (Lipinski definition) is 3. The molecule has 1 heterocycles. The molecule has 1 N–H and O–H groups in total. The number of fused-ring (bicyclic) bond motifs is 1. The summed E-state index contributed by atoms with van der Waals surface area (Å²) in [5.41, 5.74) is 1.37. The molecule has 0 aliphatic carbocycles. The number of rotatable bonds is 4. The van der Waals surface area contributed by atoms with Gasteiger partial charge in [0.25, 0.3) is 0 Å². The number of hydrogen-bond donors (Lipinski definition) is 1. The average Bonchev–Trinajstić information content (AvgIpc) is 2.59. The molecule has 3 aromatic rings. The van der Waals surface area contributed by atoms with Crippen LogP contribution < -0.4 is 5.43 Å². The van der Waals surface area contributed by atoms with E-state index in [4.69, 9.17) is 0 Å². The van der Waals surface area contributed by atoms with Gasteiger partial charge in [0.1, 0.15) is 12.3 Å². The third-order valence-corrected chi connectivity index (χ3v) is 4.02. The molecule has 24 heavy (non-hydrogen) atoms. The predicted molar refractivity (Wildman–Crippen MR) is 92.8 cm³/mol. The number of phenols is 1. The number of aromatic hydroxyl groups is 1. The fourth-order valence-electron chi connectivity index (χ4n) is 2.65. The quantitative estimate of drug-likeness (QED) is 0.802. The summed E-state index contributed by atoms with van der Waals surface area (Å²) >= 11 is 0. The first-order valence-electron chi connectivity index (χ1n) is 7.65. The Bertz CT molecular complexity index is 946. The summed E-state index contributed by atoms with van der Waals surface area (Å²) < 4.78 is 1.76. The maximum absolute atomic E-state index is 12.5. The topological polar surface area (TPSA) is 62.5 Å². The van der Waals surface area contributed by atoms with E-state index in [1.54, 1.807) is 53.0 Å². The van der Waals surface area contributed by atoms with Gasteiger partial charge in [-0.25, -0.2) is 0 Å². The van der Waals surface area contributed by atoms with Crippen LogP contribution >= 0.6 is 0 Å². The van der Waals surface area contributed by atoms with Crippen LogP contribution in [0.15, 0.2) is 65.6 Å². The minimum Gasteiger partial charge on any atom is -0.508 e. The standard InChI is InChI=1S/C19H18N2O3/c1-20(12-14-6-2-5-9-17(14)22)19(24)13-21-11-10-18(23)15-7-3-4-8-16(15)21/h2-11,22H,12-13H2,1H3. The third kappa shape index (κ3) is 3.15. The fourth-order valence-corrected chi connectivity index (χ4v) is 2.65. The normalized spacial score (nSPS) is 10.7. The largest absolute Gasteiger partial charge is 0.508 e. The van der Waals surface area contributed by atoms with Crippen LogP contribution in [-0.4, -0.2) is 27.5 Å². The van der Waals surface area contributed by atoms with Gasteiger partial charge in [0.15, 0.2) is 5.43 Å². The lowest BCUT2D eigenvalue weighted by atomic mass is 10.2. The Morgan fingerprint density at radius 2 is 1.79 bits per heavy atom. The van der Waals surface area contributed by atoms with Crippen LogP contribution in [0.4, 0.5) is 0 Å². The van der Waals surface area contributed by atoms with E-state index < -0.39 is 0 Å². The van der Waals surface area contributed by atoms with Gasteiger partial charge in [-0.05, 0) is 18.2 Å². The molecule has 122 valence electrons. The van der Waals surface area contributed by atoms with Crippen molar-refractivity contribution in [2.24, 2.45) is 0 Å². The van der Waals surface area contributed by atoms with Gasteiger partial charge in [0, 0.05) is 36.8 Å². The highest BCUT2D eigenvalue weighted by atomic mass is 16.3. The monoisotopic (exact) mass is 322 g/mol. The number of benzene rings is 2. The van der Waals surface area contributed by atoms with Crippen molar-refractivity contribution in [2.45, 2.75) is 13.1 Å². The second-order valence-electron chi connectivity index (χ2n) is 5.70. The van der Waals surface area contributed by atoms with Gasteiger partial charge >= 0.3 is 0 Å². The van der Waals surface area contributed by atoms with E-state index in [9.17, 15) is 14.7 Å². The van der Waals surface area contributed by atoms with Gasteiger partial charge < -0.3 is 14.6 Å². The number of para-hydroxylation sites is 2. The Balaban J connectivity index is 1.81. The number of nitrogens with zero attached hydrogens (tertiary/aromatic N) is 2. The summed E-state index contributed by atoms with van der Waals surface area (Å²) in [6.07, 6.45) is 1.64. The van der Waals surface area contributed by atoms with Crippen molar-refractivity contribution in [3.63, 3.8) is 0 Å². The Kier molecular flexibility index (Phi) is 4.33. The maximum Gasteiger partial charge on any atom is 0.242 e. The van der Waals surface area contributed by atoms with Gasteiger partial charge in [-0.2, -0.15) is 0 Å². The summed E-state index contributed by atoms with van der Waals surface area (Å²) in [5, 5.41) is 10.4. The highest BCUT2D eigenvalue weighted by molar-refractivity contribution is 5.82. The average molecular weight is 322 g/mol. The van der Waals surface area contributed by atoms with Crippen LogP contribution in [0.25, 0.3) is 10.9 Å². The number of likely N-dealkylation sites (N-methyl/N-ethyl adjacent to an activating group) is 1. The molecule has 0 saturated heterocycles. The maximum atomic E-state index is 12.5. The zero-order valence-corrected chi connectivity index (χ0v) is 13.3. The summed E-state index contributed by atoms with van der Waals surface area (Å²) in [6, 6.07) is 15.6. The molecule has 3 rings (SSSR count). The van der Waals surface area contributed by atoms with Crippen LogP contribution in [0.3, 0.4) is 0 Å². The molecule has 2 aromatic carbocycles. The minimum atomic E-state index is -0.105. The molecule has 0 radical (unpaired) electrons. The van der Waals surface area contributed by atoms with Crippen LogP contribution in [0.2, 0.25) is 0 Å². The molecule has 5 nitrogen and oxygen atoms in total. The van der Waals surface area contributed by atoms with E-state index in [0.717, 1.165) is 5.52 Å². The van der Waals surface area contributed by atoms with Gasteiger partial charge in [-0.1, -0.05) is 30.3 Å². The van der Waals surface area contributed by atoms with Crippen molar-refractivity contribution in [1.82, 2.24) is 9.47 Å². The predicted octanol–water partition coefficient (Wildman–Crippen LogP) is 2.37. The highest BCUT2D eigenvalue weighted by Gasteiger charge is 2.13. The first kappa shape index (κ1) is 15.8. The minimum absolute atomic E-state index is 0.0585. The number of carbonyl (C=O) groups excluding carboxylic acids is 1. The lowest BCUT2D eigenvalue weighted by Gasteiger charge is -2.19. The van der Waals surface area contributed by atoms with E-state index in [1.807, 2.05) is 18.2 Å². The van der Waals surface area contributed by atoms with Crippen LogP contribution in [0.5, 0.6) is 5.75 Å². The molecular formula is C19H18N2O3. The third-order valence-electron chi connectivity index (χ3n) is 4.02. The summed E-state index contributed by atoms with van der Waals surface area (Å²) in [6.45, 7) is 0.453. The Morgan fingerprint density at radius 1 is 1.08 bits per heavy atom. The van der Waals surface area contributed by atoms with Crippen molar-refractivity contribution < 1.29 is 9.90 Å². The van der Waals surface area contributed by atoms with E-state index in [2.05, 4.69) is 0 Å². The van der Waals surface area contributed by atoms with Crippen LogP contribution in [0.1, 0.15) is 5.56 Å². The van der Waals surface area contributed by atoms with Crippen molar-refractivity contribution >= 4 is 16.8 Å². The number of aromatic nitrogens is 1.